The number of nitrogens with one attached hydrogen (secondary N) is 1. The van der Waals surface area contributed by atoms with Gasteiger partial charge in [0.15, 0.2) is 11.4 Å². The highest BCUT2D eigenvalue weighted by Crippen LogP contribution is 2.17. The van der Waals surface area contributed by atoms with E-state index in [2.05, 4.69) is 15.4 Å². The van der Waals surface area contributed by atoms with Crippen molar-refractivity contribution in [1.82, 2.24) is 15.4 Å². The number of rotatable bonds is 4. The second-order valence-corrected chi connectivity index (χ2v) is 5.14. The molecular formula is C13H21N3O3. The largest absolute Gasteiger partial charge is 0.363 e. The van der Waals surface area contributed by atoms with Crippen LogP contribution in [0.25, 0.3) is 0 Å². The molecule has 0 saturated carbocycles. The van der Waals surface area contributed by atoms with E-state index in [4.69, 9.17) is 9.26 Å². The second kappa shape index (κ2) is 5.71. The quantitative estimate of drug-likeness (QED) is 0.864. The fraction of sp³-hybridized carbons (Fsp3) is 0.692. The number of aryl methyl sites for hydroxylation is 1. The van der Waals surface area contributed by atoms with Crippen LogP contribution in [0.5, 0.6) is 0 Å². The summed E-state index contributed by atoms with van der Waals surface area (Å²) in [6, 6.07) is 1.86. The summed E-state index contributed by atoms with van der Waals surface area (Å²) in [5.41, 5.74) is 0.102. The van der Waals surface area contributed by atoms with Gasteiger partial charge in [0, 0.05) is 19.2 Å². The summed E-state index contributed by atoms with van der Waals surface area (Å²) in [6.45, 7) is 6.18. The number of nitrogens with zero attached hydrogens (tertiary/aromatic N) is 2. The maximum absolute atomic E-state index is 12.2. The summed E-state index contributed by atoms with van der Waals surface area (Å²) >= 11 is 0. The Labute approximate surface area is 113 Å². The molecule has 2 rings (SSSR count). The molecule has 1 saturated heterocycles. The molecule has 1 fully saturated rings. The van der Waals surface area contributed by atoms with E-state index in [9.17, 15) is 4.79 Å². The maximum atomic E-state index is 12.2. The van der Waals surface area contributed by atoms with Crippen molar-refractivity contribution in [3.05, 3.63) is 17.5 Å². The van der Waals surface area contributed by atoms with Crippen molar-refractivity contribution in [3.8, 4) is 0 Å². The molecule has 0 radical (unpaired) electrons. The molecule has 1 amide bonds. The Morgan fingerprint density at radius 3 is 3.05 bits per heavy atom. The van der Waals surface area contributed by atoms with Gasteiger partial charge in [-0.1, -0.05) is 12.1 Å². The molecule has 0 unspecified atom stereocenters. The lowest BCUT2D eigenvalue weighted by atomic mass is 10.0. The Kier molecular flexibility index (Phi) is 4.21. The fourth-order valence-corrected chi connectivity index (χ4v) is 2.16. The number of hydrogen-bond acceptors (Lipinski definition) is 5. The molecule has 19 heavy (non-hydrogen) atoms. The van der Waals surface area contributed by atoms with Crippen LogP contribution in [0, 0.1) is 0 Å². The lowest BCUT2D eigenvalue weighted by molar-refractivity contribution is -0.155. The molecule has 1 aliphatic heterocycles. The Balaban J connectivity index is 1.89. The molecule has 0 aromatic carbocycles. The Hall–Kier alpha value is -1.40. The summed E-state index contributed by atoms with van der Waals surface area (Å²) in [6.07, 6.45) is 0.822. The predicted octanol–water partition coefficient (Wildman–Crippen LogP) is 0.574. The first-order chi connectivity index (χ1) is 9.03. The molecule has 1 atom stereocenters. The third-order valence-corrected chi connectivity index (χ3v) is 3.34. The van der Waals surface area contributed by atoms with Gasteiger partial charge in [0.2, 0.25) is 0 Å². The summed E-state index contributed by atoms with van der Waals surface area (Å²) in [5.74, 6) is 0.548. The smallest absolute Gasteiger partial charge is 0.253 e. The standard InChI is InChI=1S/C13H21N3O3/c1-4-10-7-11(19-15-10)8-14-12(17)13(2)9-16(3)5-6-18-13/h7H,4-6,8-9H2,1-3H3,(H,14,17)/t13-/m0/s1. The van der Waals surface area contributed by atoms with Crippen LogP contribution in [0.1, 0.15) is 25.3 Å². The number of ether oxygens (including phenoxy) is 1. The SMILES string of the molecule is CCc1cc(CNC(=O)[C@]2(C)CN(C)CCO2)on1. The van der Waals surface area contributed by atoms with Gasteiger partial charge in [0.25, 0.3) is 5.91 Å². The van der Waals surface area contributed by atoms with Gasteiger partial charge in [0.05, 0.1) is 18.8 Å². The van der Waals surface area contributed by atoms with Crippen molar-refractivity contribution < 1.29 is 14.1 Å². The number of carbonyl (C=O) groups excluding carboxylic acids is 1. The highest BCUT2D eigenvalue weighted by Gasteiger charge is 2.38. The summed E-state index contributed by atoms with van der Waals surface area (Å²) < 4.78 is 10.7. The molecule has 1 aromatic heterocycles. The van der Waals surface area contributed by atoms with Crippen molar-refractivity contribution >= 4 is 5.91 Å². The van der Waals surface area contributed by atoms with E-state index >= 15 is 0 Å². The van der Waals surface area contributed by atoms with Crippen molar-refractivity contribution in [2.45, 2.75) is 32.4 Å². The first-order valence-electron chi connectivity index (χ1n) is 6.59. The number of likely N-dealkylation sites (N-methyl/N-ethyl adjacent to an activating group) is 1. The minimum absolute atomic E-state index is 0.117. The van der Waals surface area contributed by atoms with Crippen LogP contribution in [0.3, 0.4) is 0 Å². The number of carbonyl (C=O) groups is 1. The van der Waals surface area contributed by atoms with Gasteiger partial charge in [-0.2, -0.15) is 0 Å². The molecule has 0 bridgehead atoms. The Morgan fingerprint density at radius 2 is 2.42 bits per heavy atom. The average molecular weight is 267 g/mol. The zero-order valence-corrected chi connectivity index (χ0v) is 11.7. The van der Waals surface area contributed by atoms with Gasteiger partial charge < -0.3 is 19.5 Å². The highest BCUT2D eigenvalue weighted by molar-refractivity contribution is 5.85. The van der Waals surface area contributed by atoms with Gasteiger partial charge in [-0.3, -0.25) is 4.79 Å². The maximum Gasteiger partial charge on any atom is 0.253 e. The van der Waals surface area contributed by atoms with E-state index in [0.29, 0.717) is 25.5 Å². The summed E-state index contributed by atoms with van der Waals surface area (Å²) in [7, 11) is 1.98. The topological polar surface area (TPSA) is 67.6 Å². The second-order valence-electron chi connectivity index (χ2n) is 5.14. The molecule has 1 aliphatic rings. The number of aromatic nitrogens is 1. The zero-order chi connectivity index (χ0) is 13.9. The van der Waals surface area contributed by atoms with Crippen LogP contribution >= 0.6 is 0 Å². The van der Waals surface area contributed by atoms with Gasteiger partial charge in [-0.15, -0.1) is 0 Å². The molecule has 6 nitrogen and oxygen atoms in total. The van der Waals surface area contributed by atoms with Gasteiger partial charge in [-0.25, -0.2) is 0 Å². The van der Waals surface area contributed by atoms with E-state index in [0.717, 1.165) is 18.7 Å². The van der Waals surface area contributed by atoms with Crippen molar-refractivity contribution in [1.29, 1.82) is 0 Å². The van der Waals surface area contributed by atoms with Crippen molar-refractivity contribution in [2.24, 2.45) is 0 Å². The van der Waals surface area contributed by atoms with E-state index in [1.807, 2.05) is 27.0 Å². The van der Waals surface area contributed by atoms with Crippen LogP contribution in [0.15, 0.2) is 10.6 Å². The normalized spacial score (nSPS) is 24.4. The molecule has 1 N–H and O–H groups in total. The molecule has 0 spiro atoms. The fourth-order valence-electron chi connectivity index (χ4n) is 2.16. The van der Waals surface area contributed by atoms with E-state index in [1.165, 1.54) is 0 Å². The van der Waals surface area contributed by atoms with Crippen LogP contribution in [-0.4, -0.2) is 48.3 Å². The third-order valence-electron chi connectivity index (χ3n) is 3.34. The van der Waals surface area contributed by atoms with Crippen LogP contribution < -0.4 is 5.32 Å². The molecule has 2 heterocycles. The molecule has 1 aromatic rings. The third kappa shape index (κ3) is 3.33. The summed E-state index contributed by atoms with van der Waals surface area (Å²) in [4.78, 5) is 14.3. The van der Waals surface area contributed by atoms with Gasteiger partial charge in [-0.05, 0) is 20.4 Å². The van der Waals surface area contributed by atoms with E-state index in [1.54, 1.807) is 0 Å². The summed E-state index contributed by atoms with van der Waals surface area (Å²) in [5, 5.41) is 6.73. The average Bonchev–Trinajstić information content (AvgIpc) is 2.83. The number of morpholine rings is 1. The van der Waals surface area contributed by atoms with Crippen molar-refractivity contribution in [2.75, 3.05) is 26.7 Å². The Bertz CT molecular complexity index is 446. The van der Waals surface area contributed by atoms with E-state index in [-0.39, 0.29) is 5.91 Å². The van der Waals surface area contributed by atoms with Gasteiger partial charge in [0.1, 0.15) is 0 Å². The van der Waals surface area contributed by atoms with E-state index < -0.39 is 5.60 Å². The lowest BCUT2D eigenvalue weighted by Crippen LogP contribution is -2.57. The number of amides is 1. The lowest BCUT2D eigenvalue weighted by Gasteiger charge is -2.37. The Morgan fingerprint density at radius 1 is 1.63 bits per heavy atom. The molecular weight excluding hydrogens is 246 g/mol. The van der Waals surface area contributed by atoms with Crippen LogP contribution in [0.4, 0.5) is 0 Å². The minimum Gasteiger partial charge on any atom is -0.363 e. The minimum atomic E-state index is -0.791. The van der Waals surface area contributed by atoms with Crippen LogP contribution in [0.2, 0.25) is 0 Å². The first kappa shape index (κ1) is 14.0. The zero-order valence-electron chi connectivity index (χ0n) is 11.7. The highest BCUT2D eigenvalue weighted by atomic mass is 16.5. The molecule has 0 aliphatic carbocycles. The first-order valence-corrected chi connectivity index (χ1v) is 6.59. The molecule has 106 valence electrons. The van der Waals surface area contributed by atoms with Crippen LogP contribution in [-0.2, 0) is 22.5 Å². The van der Waals surface area contributed by atoms with Crippen molar-refractivity contribution in [3.63, 3.8) is 0 Å². The predicted molar refractivity (Wildman–Crippen MR) is 69.6 cm³/mol. The number of hydrogen-bond donors (Lipinski definition) is 1. The monoisotopic (exact) mass is 267 g/mol. The molecule has 6 heteroatoms. The van der Waals surface area contributed by atoms with Gasteiger partial charge >= 0.3 is 0 Å².